The molecule has 0 atom stereocenters. The molecule has 0 aromatic heterocycles. The van der Waals surface area contributed by atoms with Crippen LogP contribution in [0, 0.1) is 5.92 Å². The molecule has 0 rings (SSSR count). The topological polar surface area (TPSA) is 44.8 Å². The predicted octanol–water partition coefficient (Wildman–Crippen LogP) is 4.30. The molecule has 0 saturated carbocycles. The van der Waals surface area contributed by atoms with Crippen molar-refractivity contribution in [2.45, 2.75) is 34.6 Å². The van der Waals surface area contributed by atoms with Gasteiger partial charge in [-0.3, -0.25) is 9.05 Å². The van der Waals surface area contributed by atoms with Crippen LogP contribution in [-0.2, 0) is 18.1 Å². The number of hydrogen-bond acceptors (Lipinski definition) is 4. The number of allylic oxidation sites excluding steroid dienone is 4. The molecule has 0 bridgehead atoms. The Kier molecular flexibility index (Phi) is 8.23. The van der Waals surface area contributed by atoms with Crippen molar-refractivity contribution in [3.05, 3.63) is 24.0 Å². The van der Waals surface area contributed by atoms with Crippen LogP contribution in [-0.4, -0.2) is 13.2 Å². The Balaban J connectivity index is 4.49. The van der Waals surface area contributed by atoms with E-state index in [4.69, 9.17) is 13.6 Å². The summed E-state index contributed by atoms with van der Waals surface area (Å²) in [4.78, 5) is 0. The molecule has 0 fully saturated rings. The lowest BCUT2D eigenvalue weighted by Gasteiger charge is -2.16. The quantitative estimate of drug-likeness (QED) is 0.371. The van der Waals surface area contributed by atoms with Gasteiger partial charge in [-0.25, -0.2) is 4.57 Å². The lowest BCUT2D eigenvalue weighted by Crippen LogP contribution is -1.98. The standard InChI is InChI=1S/C12H23O4P/c1-6-14-17(13,15-7-2)16-12(5)10-8-9-11(3)4/h8-11H,6-7H2,1-5H3/b9-8+,12-10+. The summed E-state index contributed by atoms with van der Waals surface area (Å²) in [6.07, 6.45) is 5.62. The van der Waals surface area contributed by atoms with Crippen LogP contribution in [0.4, 0.5) is 0 Å². The van der Waals surface area contributed by atoms with Crippen molar-refractivity contribution < 1.29 is 18.1 Å². The van der Waals surface area contributed by atoms with Crippen LogP contribution >= 0.6 is 7.82 Å². The van der Waals surface area contributed by atoms with E-state index >= 15 is 0 Å². The molecule has 0 amide bonds. The molecule has 0 radical (unpaired) electrons. The summed E-state index contributed by atoms with van der Waals surface area (Å²) in [6, 6.07) is 0. The lowest BCUT2D eigenvalue weighted by atomic mass is 10.2. The fourth-order valence-electron chi connectivity index (χ4n) is 1.03. The van der Waals surface area contributed by atoms with Gasteiger partial charge >= 0.3 is 7.82 Å². The Morgan fingerprint density at radius 1 is 1.24 bits per heavy atom. The van der Waals surface area contributed by atoms with Gasteiger partial charge in [-0.15, -0.1) is 0 Å². The Morgan fingerprint density at radius 2 is 1.76 bits per heavy atom. The number of rotatable bonds is 8. The normalized spacial score (nSPS) is 13.6. The molecule has 0 saturated heterocycles. The molecular formula is C12H23O4P. The van der Waals surface area contributed by atoms with Gasteiger partial charge in [0.15, 0.2) is 0 Å². The highest BCUT2D eigenvalue weighted by atomic mass is 31.2. The maximum atomic E-state index is 12.0. The maximum absolute atomic E-state index is 12.0. The van der Waals surface area contributed by atoms with Crippen molar-refractivity contribution in [3.63, 3.8) is 0 Å². The summed E-state index contributed by atoms with van der Waals surface area (Å²) in [6.45, 7) is 9.92. The Labute approximate surface area is 104 Å². The van der Waals surface area contributed by atoms with Crippen LogP contribution in [0.25, 0.3) is 0 Å². The molecule has 0 N–H and O–H groups in total. The van der Waals surface area contributed by atoms with Gasteiger partial charge in [0.2, 0.25) is 0 Å². The van der Waals surface area contributed by atoms with Crippen molar-refractivity contribution in [1.29, 1.82) is 0 Å². The Hall–Kier alpha value is -0.570. The summed E-state index contributed by atoms with van der Waals surface area (Å²) in [5.41, 5.74) is 0. The van der Waals surface area contributed by atoms with E-state index in [0.29, 0.717) is 11.7 Å². The van der Waals surface area contributed by atoms with E-state index in [1.165, 1.54) is 0 Å². The predicted molar refractivity (Wildman–Crippen MR) is 69.7 cm³/mol. The average Bonchev–Trinajstić information content (AvgIpc) is 2.16. The molecule has 0 aliphatic rings. The highest BCUT2D eigenvalue weighted by Gasteiger charge is 2.26. The van der Waals surface area contributed by atoms with Gasteiger partial charge in [0.05, 0.1) is 13.2 Å². The van der Waals surface area contributed by atoms with E-state index in [9.17, 15) is 4.57 Å². The first-order valence-electron chi connectivity index (χ1n) is 5.87. The average molecular weight is 262 g/mol. The molecule has 0 spiro atoms. The van der Waals surface area contributed by atoms with Gasteiger partial charge in [0.25, 0.3) is 0 Å². The summed E-state index contributed by atoms with van der Waals surface area (Å²) in [5.74, 6) is 0.969. The third-order valence-electron chi connectivity index (χ3n) is 1.66. The Morgan fingerprint density at radius 3 is 2.18 bits per heavy atom. The molecule has 0 aromatic carbocycles. The molecule has 100 valence electrons. The monoisotopic (exact) mass is 262 g/mol. The number of hydrogen-bond donors (Lipinski definition) is 0. The molecule has 0 aromatic rings. The maximum Gasteiger partial charge on any atom is 0.529 e. The van der Waals surface area contributed by atoms with Crippen LogP contribution < -0.4 is 0 Å². The smallest absolute Gasteiger partial charge is 0.409 e. The van der Waals surface area contributed by atoms with E-state index < -0.39 is 7.82 Å². The van der Waals surface area contributed by atoms with Gasteiger partial charge < -0.3 is 4.52 Å². The van der Waals surface area contributed by atoms with Crippen molar-refractivity contribution in [1.82, 2.24) is 0 Å². The zero-order valence-electron chi connectivity index (χ0n) is 11.3. The van der Waals surface area contributed by atoms with Crippen LogP contribution in [0.1, 0.15) is 34.6 Å². The van der Waals surface area contributed by atoms with Gasteiger partial charge in [-0.05, 0) is 32.8 Å². The van der Waals surface area contributed by atoms with E-state index in [2.05, 4.69) is 13.8 Å². The SMILES string of the molecule is CCOP(=O)(OCC)O/C(C)=C/C=C/C(C)C. The zero-order chi connectivity index (χ0) is 13.3. The first kappa shape index (κ1) is 16.4. The second kappa shape index (κ2) is 8.51. The van der Waals surface area contributed by atoms with Gasteiger partial charge in [-0.2, -0.15) is 0 Å². The molecule has 0 aliphatic carbocycles. The minimum absolute atomic E-state index is 0.284. The highest BCUT2D eigenvalue weighted by molar-refractivity contribution is 7.48. The van der Waals surface area contributed by atoms with E-state index in [1.54, 1.807) is 26.8 Å². The fourth-order valence-corrected chi connectivity index (χ4v) is 2.25. The summed E-state index contributed by atoms with van der Waals surface area (Å²) in [7, 11) is -3.44. The molecule has 4 nitrogen and oxygen atoms in total. The van der Waals surface area contributed by atoms with Gasteiger partial charge in [0.1, 0.15) is 5.76 Å². The number of phosphoric ester groups is 1. The van der Waals surface area contributed by atoms with Crippen molar-refractivity contribution in [3.8, 4) is 0 Å². The zero-order valence-corrected chi connectivity index (χ0v) is 12.2. The lowest BCUT2D eigenvalue weighted by molar-refractivity contribution is 0.146. The Bertz CT molecular complexity index is 298. The van der Waals surface area contributed by atoms with Crippen molar-refractivity contribution >= 4 is 7.82 Å². The van der Waals surface area contributed by atoms with Gasteiger partial charge in [0, 0.05) is 0 Å². The van der Waals surface area contributed by atoms with Crippen LogP contribution in [0.2, 0.25) is 0 Å². The molecule has 0 unspecified atom stereocenters. The molecule has 17 heavy (non-hydrogen) atoms. The fraction of sp³-hybridized carbons (Fsp3) is 0.667. The molecular weight excluding hydrogens is 239 g/mol. The minimum atomic E-state index is -3.44. The molecule has 0 aliphatic heterocycles. The van der Waals surface area contributed by atoms with E-state index in [-0.39, 0.29) is 13.2 Å². The van der Waals surface area contributed by atoms with Crippen LogP contribution in [0.15, 0.2) is 24.0 Å². The molecule has 5 heteroatoms. The largest absolute Gasteiger partial charge is 0.529 e. The van der Waals surface area contributed by atoms with Crippen molar-refractivity contribution in [2.24, 2.45) is 5.92 Å². The van der Waals surface area contributed by atoms with E-state index in [1.807, 2.05) is 12.2 Å². The third kappa shape index (κ3) is 8.19. The third-order valence-corrected chi connectivity index (χ3v) is 3.32. The van der Waals surface area contributed by atoms with Crippen LogP contribution in [0.3, 0.4) is 0 Å². The summed E-state index contributed by atoms with van der Waals surface area (Å²) >= 11 is 0. The van der Waals surface area contributed by atoms with Crippen LogP contribution in [0.5, 0.6) is 0 Å². The molecule has 0 heterocycles. The summed E-state index contributed by atoms with van der Waals surface area (Å²) < 4.78 is 27.2. The van der Waals surface area contributed by atoms with Crippen molar-refractivity contribution in [2.75, 3.05) is 13.2 Å². The number of phosphoric acid groups is 1. The second-order valence-corrected chi connectivity index (χ2v) is 5.37. The summed E-state index contributed by atoms with van der Waals surface area (Å²) in [5, 5.41) is 0. The van der Waals surface area contributed by atoms with Gasteiger partial charge in [-0.1, -0.05) is 26.0 Å². The van der Waals surface area contributed by atoms with E-state index in [0.717, 1.165) is 0 Å². The highest BCUT2D eigenvalue weighted by Crippen LogP contribution is 2.51. The first-order chi connectivity index (χ1) is 7.93. The second-order valence-electron chi connectivity index (χ2n) is 3.78. The first-order valence-corrected chi connectivity index (χ1v) is 7.33. The minimum Gasteiger partial charge on any atom is -0.409 e.